The van der Waals surface area contributed by atoms with Crippen molar-refractivity contribution >= 4 is 34.7 Å². The van der Waals surface area contributed by atoms with Crippen LogP contribution in [0.4, 0.5) is 5.69 Å². The molecule has 0 unspecified atom stereocenters. The number of carbonyl (C=O) groups excluding carboxylic acids is 1. The molecule has 1 heterocycles. The molecule has 2 aliphatic rings. The molecule has 3 nitrogen and oxygen atoms in total. The van der Waals surface area contributed by atoms with E-state index in [4.69, 9.17) is 11.6 Å². The highest BCUT2D eigenvalue weighted by atomic mass is 35.5. The number of aryl methyl sites for hydroxylation is 1. The Morgan fingerprint density at radius 3 is 2.27 bits per heavy atom. The first kappa shape index (κ1) is 21.8. The average Bonchev–Trinajstić information content (AvgIpc) is 3.04. The first-order valence-electron chi connectivity index (χ1n) is 11.7. The van der Waals surface area contributed by atoms with Crippen molar-refractivity contribution in [1.29, 1.82) is 0 Å². The van der Waals surface area contributed by atoms with Gasteiger partial charge in [0.2, 0.25) is 0 Å². The minimum absolute atomic E-state index is 0.200. The van der Waals surface area contributed by atoms with Crippen molar-refractivity contribution in [1.82, 2.24) is 0 Å². The van der Waals surface area contributed by atoms with Gasteiger partial charge in [0.15, 0.2) is 0 Å². The summed E-state index contributed by atoms with van der Waals surface area (Å²) in [6, 6.07) is 22.7. The zero-order valence-corrected chi connectivity index (χ0v) is 19.4. The number of hydrogen-bond donors (Lipinski definition) is 1. The van der Waals surface area contributed by atoms with E-state index in [1.165, 1.54) is 39.1 Å². The molecule has 0 bridgehead atoms. The Labute approximate surface area is 200 Å². The second kappa shape index (κ2) is 9.44. The summed E-state index contributed by atoms with van der Waals surface area (Å²) in [5.74, 6) is 0.517. The van der Waals surface area contributed by atoms with Crippen LogP contribution in [-0.2, 0) is 11.2 Å². The Kier molecular flexibility index (Phi) is 6.24. The standard InChI is InChI=1S/C29H28ClNO2/c30-24-8-4-21(5-9-24)27-3-1-2-23-18-26(33)12-13-28(23)29(27)22-6-10-25(11-7-22)31-16-14-20(19-32)15-17-31/h4-13,18-20,33H,1-3,14-17H2. The predicted molar refractivity (Wildman–Crippen MR) is 136 cm³/mol. The van der Waals surface area contributed by atoms with E-state index in [0.717, 1.165) is 56.5 Å². The summed E-state index contributed by atoms with van der Waals surface area (Å²) in [7, 11) is 0. The fraction of sp³-hybridized carbons (Fsp3) is 0.276. The van der Waals surface area contributed by atoms with Crippen LogP contribution in [0.2, 0.25) is 5.02 Å². The summed E-state index contributed by atoms with van der Waals surface area (Å²) < 4.78 is 0. The molecule has 0 amide bonds. The van der Waals surface area contributed by atoms with E-state index in [-0.39, 0.29) is 5.92 Å². The molecule has 0 atom stereocenters. The molecule has 33 heavy (non-hydrogen) atoms. The van der Waals surface area contributed by atoms with Crippen molar-refractivity contribution in [2.45, 2.75) is 32.1 Å². The smallest absolute Gasteiger partial charge is 0.123 e. The average molecular weight is 458 g/mol. The molecule has 0 spiro atoms. The second-order valence-corrected chi connectivity index (χ2v) is 9.50. The number of phenolic OH excluding ortho intramolecular Hbond substituents is 1. The van der Waals surface area contributed by atoms with Gasteiger partial charge in [-0.25, -0.2) is 0 Å². The van der Waals surface area contributed by atoms with E-state index < -0.39 is 0 Å². The fourth-order valence-corrected chi connectivity index (χ4v) is 5.30. The van der Waals surface area contributed by atoms with Crippen LogP contribution in [0, 0.1) is 5.92 Å². The van der Waals surface area contributed by atoms with Crippen molar-refractivity contribution < 1.29 is 9.90 Å². The van der Waals surface area contributed by atoms with Crippen molar-refractivity contribution in [3.05, 3.63) is 94.0 Å². The van der Waals surface area contributed by atoms with E-state index in [0.29, 0.717) is 5.75 Å². The molecule has 1 N–H and O–H groups in total. The minimum Gasteiger partial charge on any atom is -0.508 e. The molecule has 0 aromatic heterocycles. The van der Waals surface area contributed by atoms with E-state index in [9.17, 15) is 9.90 Å². The van der Waals surface area contributed by atoms with Gasteiger partial charge in [-0.3, -0.25) is 0 Å². The summed E-state index contributed by atoms with van der Waals surface area (Å²) in [4.78, 5) is 13.5. The number of aldehydes is 1. The summed E-state index contributed by atoms with van der Waals surface area (Å²) >= 11 is 6.18. The molecule has 1 fully saturated rings. The number of fused-ring (bicyclic) bond motifs is 1. The number of aromatic hydroxyl groups is 1. The van der Waals surface area contributed by atoms with Crippen LogP contribution in [0.1, 0.15) is 47.9 Å². The normalized spacial score (nSPS) is 16.9. The van der Waals surface area contributed by atoms with Gasteiger partial charge in [0.25, 0.3) is 0 Å². The van der Waals surface area contributed by atoms with Gasteiger partial charge >= 0.3 is 0 Å². The molecule has 4 heteroatoms. The quantitative estimate of drug-likeness (QED) is 0.440. The van der Waals surface area contributed by atoms with Crippen LogP contribution in [0.5, 0.6) is 5.75 Å². The van der Waals surface area contributed by atoms with Gasteiger partial charge in [-0.05, 0) is 102 Å². The molecular formula is C29H28ClNO2. The van der Waals surface area contributed by atoms with Gasteiger partial charge in [0.05, 0.1) is 0 Å². The number of carbonyl (C=O) groups is 1. The lowest BCUT2D eigenvalue weighted by atomic mass is 9.87. The number of nitrogens with zero attached hydrogens (tertiary/aromatic N) is 1. The molecule has 1 saturated heterocycles. The molecule has 0 saturated carbocycles. The van der Waals surface area contributed by atoms with Gasteiger partial charge in [-0.2, -0.15) is 0 Å². The van der Waals surface area contributed by atoms with Crippen molar-refractivity contribution in [2.75, 3.05) is 18.0 Å². The number of piperidine rings is 1. The summed E-state index contributed by atoms with van der Waals surface area (Å²) in [6.07, 6.45) is 5.89. The summed E-state index contributed by atoms with van der Waals surface area (Å²) in [5.41, 5.74) is 8.50. The lowest BCUT2D eigenvalue weighted by molar-refractivity contribution is -0.111. The minimum atomic E-state index is 0.200. The Hall–Kier alpha value is -3.04. The highest BCUT2D eigenvalue weighted by Gasteiger charge is 2.22. The summed E-state index contributed by atoms with van der Waals surface area (Å²) in [6.45, 7) is 1.84. The lowest BCUT2D eigenvalue weighted by Crippen LogP contribution is -2.34. The fourth-order valence-electron chi connectivity index (χ4n) is 5.18. The van der Waals surface area contributed by atoms with Crippen LogP contribution in [-0.4, -0.2) is 24.5 Å². The maximum Gasteiger partial charge on any atom is 0.123 e. The van der Waals surface area contributed by atoms with Crippen LogP contribution in [0.3, 0.4) is 0 Å². The van der Waals surface area contributed by atoms with Crippen LogP contribution < -0.4 is 4.90 Å². The Bertz CT molecular complexity index is 1170. The number of rotatable bonds is 4. The molecule has 1 aliphatic carbocycles. The van der Waals surface area contributed by atoms with Crippen LogP contribution >= 0.6 is 11.6 Å². The van der Waals surface area contributed by atoms with Gasteiger partial charge in [-0.1, -0.05) is 41.9 Å². The Balaban J connectivity index is 1.57. The Morgan fingerprint density at radius 1 is 0.879 bits per heavy atom. The first-order chi connectivity index (χ1) is 16.1. The number of phenols is 1. The van der Waals surface area contributed by atoms with Crippen molar-refractivity contribution in [2.24, 2.45) is 5.92 Å². The zero-order chi connectivity index (χ0) is 22.8. The third-order valence-corrected chi connectivity index (χ3v) is 7.23. The van der Waals surface area contributed by atoms with Crippen molar-refractivity contribution in [3.63, 3.8) is 0 Å². The monoisotopic (exact) mass is 457 g/mol. The van der Waals surface area contributed by atoms with Crippen LogP contribution in [0.25, 0.3) is 11.1 Å². The van der Waals surface area contributed by atoms with Gasteiger partial charge in [-0.15, -0.1) is 0 Å². The van der Waals surface area contributed by atoms with Gasteiger partial charge in [0, 0.05) is 29.7 Å². The number of benzene rings is 3. The zero-order valence-electron chi connectivity index (χ0n) is 18.6. The van der Waals surface area contributed by atoms with E-state index in [2.05, 4.69) is 47.4 Å². The summed E-state index contributed by atoms with van der Waals surface area (Å²) in [5, 5.41) is 10.8. The number of anilines is 1. The van der Waals surface area contributed by atoms with Crippen LogP contribution in [0.15, 0.2) is 66.7 Å². The van der Waals surface area contributed by atoms with E-state index in [1.807, 2.05) is 18.2 Å². The molecule has 1 aliphatic heterocycles. The first-order valence-corrected chi connectivity index (χ1v) is 12.1. The molecular weight excluding hydrogens is 430 g/mol. The number of hydrogen-bond acceptors (Lipinski definition) is 3. The molecule has 168 valence electrons. The third-order valence-electron chi connectivity index (χ3n) is 6.98. The molecule has 0 radical (unpaired) electrons. The van der Waals surface area contributed by atoms with E-state index in [1.54, 1.807) is 6.07 Å². The van der Waals surface area contributed by atoms with E-state index >= 15 is 0 Å². The highest BCUT2D eigenvalue weighted by Crippen LogP contribution is 2.41. The molecule has 5 rings (SSSR count). The third kappa shape index (κ3) is 4.56. The topological polar surface area (TPSA) is 40.5 Å². The van der Waals surface area contributed by atoms with Crippen molar-refractivity contribution in [3.8, 4) is 5.75 Å². The second-order valence-electron chi connectivity index (χ2n) is 9.06. The Morgan fingerprint density at radius 2 is 1.58 bits per heavy atom. The molecule has 3 aromatic carbocycles. The maximum atomic E-state index is 11.1. The highest BCUT2D eigenvalue weighted by molar-refractivity contribution is 6.30. The van der Waals surface area contributed by atoms with Gasteiger partial charge < -0.3 is 14.8 Å². The number of allylic oxidation sites excluding steroid dienone is 1. The number of halogens is 1. The largest absolute Gasteiger partial charge is 0.508 e. The maximum absolute atomic E-state index is 11.1. The lowest BCUT2D eigenvalue weighted by Gasteiger charge is -2.31. The van der Waals surface area contributed by atoms with Gasteiger partial charge in [0.1, 0.15) is 12.0 Å². The predicted octanol–water partition coefficient (Wildman–Crippen LogP) is 6.76. The molecule has 3 aromatic rings. The SMILES string of the molecule is O=CC1CCN(c2ccc(C3=C(c4ccc(Cl)cc4)CCCc4cc(O)ccc43)cc2)CC1.